The third-order valence-electron chi connectivity index (χ3n) is 3.93. The summed E-state index contributed by atoms with van der Waals surface area (Å²) in [6.07, 6.45) is 12.5. The molecule has 0 aliphatic carbocycles. The molecular weight excluding hydrogens is 323 g/mol. The van der Waals surface area contributed by atoms with E-state index in [4.69, 9.17) is 13.6 Å². The van der Waals surface area contributed by atoms with Gasteiger partial charge in [0.2, 0.25) is 0 Å². The second kappa shape index (κ2) is 13.5. The van der Waals surface area contributed by atoms with Crippen LogP contribution in [0.4, 0.5) is 0 Å². The maximum atomic E-state index is 12.3. The molecular formula is C19H33O4P. The van der Waals surface area contributed by atoms with Gasteiger partial charge in [-0.25, -0.2) is 4.57 Å². The highest BCUT2D eigenvalue weighted by atomic mass is 31.2. The summed E-state index contributed by atoms with van der Waals surface area (Å²) in [5.41, 5.74) is 0. The minimum atomic E-state index is -3.50. The summed E-state index contributed by atoms with van der Waals surface area (Å²) < 4.78 is 28.0. The van der Waals surface area contributed by atoms with E-state index in [0.29, 0.717) is 12.4 Å². The fraction of sp³-hybridized carbons (Fsp3) is 0.684. The molecule has 0 amide bonds. The van der Waals surface area contributed by atoms with E-state index in [1.807, 2.05) is 18.2 Å². The van der Waals surface area contributed by atoms with Gasteiger partial charge in [0.05, 0.1) is 6.61 Å². The first kappa shape index (κ1) is 21.2. The van der Waals surface area contributed by atoms with Crippen LogP contribution in [0.3, 0.4) is 0 Å². The Morgan fingerprint density at radius 2 is 1.38 bits per heavy atom. The first-order chi connectivity index (χ1) is 11.7. The molecule has 0 spiro atoms. The predicted molar refractivity (Wildman–Crippen MR) is 99.5 cm³/mol. The van der Waals surface area contributed by atoms with Gasteiger partial charge in [0.15, 0.2) is 0 Å². The Morgan fingerprint density at radius 1 is 0.833 bits per heavy atom. The number of benzene rings is 1. The van der Waals surface area contributed by atoms with E-state index >= 15 is 0 Å². The quantitative estimate of drug-likeness (QED) is 0.257. The minimum absolute atomic E-state index is 0.397. The zero-order valence-electron chi connectivity index (χ0n) is 15.2. The van der Waals surface area contributed by atoms with Gasteiger partial charge in [-0.05, 0) is 18.6 Å². The normalized spacial score (nSPS) is 13.6. The third kappa shape index (κ3) is 10.1. The van der Waals surface area contributed by atoms with Gasteiger partial charge in [0.1, 0.15) is 5.75 Å². The highest BCUT2D eigenvalue weighted by Crippen LogP contribution is 2.48. The molecule has 24 heavy (non-hydrogen) atoms. The number of hydrogen-bond acceptors (Lipinski definition) is 4. The molecule has 0 N–H and O–H groups in total. The molecule has 1 rings (SSSR count). The molecule has 1 aromatic rings. The summed E-state index contributed by atoms with van der Waals surface area (Å²) in [5, 5.41) is 0. The maximum absolute atomic E-state index is 12.3. The smallest absolute Gasteiger partial charge is 0.404 e. The predicted octanol–water partition coefficient (Wildman–Crippen LogP) is 6.76. The van der Waals surface area contributed by atoms with E-state index in [0.717, 1.165) is 12.8 Å². The standard InChI is InChI=1S/C19H33O4P/c1-3-4-5-6-7-8-9-10-11-15-18-22-24(20,21-2)23-19-16-13-12-14-17-19/h12-14,16-17H,3-11,15,18H2,1-2H3. The highest BCUT2D eigenvalue weighted by Gasteiger charge is 2.26. The summed E-state index contributed by atoms with van der Waals surface area (Å²) in [7, 11) is -2.15. The molecule has 0 saturated carbocycles. The highest BCUT2D eigenvalue weighted by molar-refractivity contribution is 7.48. The topological polar surface area (TPSA) is 44.8 Å². The number of hydrogen-bond donors (Lipinski definition) is 0. The Balaban J connectivity index is 2.05. The Hall–Kier alpha value is -0.830. The fourth-order valence-corrected chi connectivity index (χ4v) is 3.46. The summed E-state index contributed by atoms with van der Waals surface area (Å²) in [5.74, 6) is 0.491. The molecule has 0 radical (unpaired) electrons. The molecule has 0 aliphatic rings. The third-order valence-corrected chi connectivity index (χ3v) is 5.31. The van der Waals surface area contributed by atoms with Gasteiger partial charge in [0, 0.05) is 7.11 Å². The van der Waals surface area contributed by atoms with Gasteiger partial charge in [0.25, 0.3) is 0 Å². The van der Waals surface area contributed by atoms with E-state index in [1.165, 1.54) is 58.5 Å². The van der Waals surface area contributed by atoms with Gasteiger partial charge in [-0.15, -0.1) is 0 Å². The van der Waals surface area contributed by atoms with Crippen LogP contribution in [0.2, 0.25) is 0 Å². The first-order valence-corrected chi connectivity index (χ1v) is 10.7. The van der Waals surface area contributed by atoms with Crippen molar-refractivity contribution in [3.05, 3.63) is 30.3 Å². The minimum Gasteiger partial charge on any atom is -0.404 e. The van der Waals surface area contributed by atoms with Crippen molar-refractivity contribution in [3.63, 3.8) is 0 Å². The number of unbranched alkanes of at least 4 members (excludes halogenated alkanes) is 9. The SMILES string of the molecule is CCCCCCCCCCCCOP(=O)(OC)Oc1ccccc1. The fourth-order valence-electron chi connectivity index (χ4n) is 2.49. The van der Waals surface area contributed by atoms with Gasteiger partial charge in [-0.2, -0.15) is 0 Å². The molecule has 1 aromatic carbocycles. The molecule has 5 heteroatoms. The Bertz CT molecular complexity index is 450. The van der Waals surface area contributed by atoms with Crippen molar-refractivity contribution in [2.45, 2.75) is 71.1 Å². The number of rotatable bonds is 15. The molecule has 0 fully saturated rings. The average molecular weight is 356 g/mol. The van der Waals surface area contributed by atoms with Crippen LogP contribution >= 0.6 is 7.82 Å². The largest absolute Gasteiger partial charge is 0.529 e. The van der Waals surface area contributed by atoms with Crippen molar-refractivity contribution < 1.29 is 18.1 Å². The van der Waals surface area contributed by atoms with Gasteiger partial charge in [-0.3, -0.25) is 9.05 Å². The monoisotopic (exact) mass is 356 g/mol. The summed E-state index contributed by atoms with van der Waals surface area (Å²) in [6, 6.07) is 8.97. The van der Waals surface area contributed by atoms with Crippen LogP contribution < -0.4 is 4.52 Å². The number of para-hydroxylation sites is 1. The van der Waals surface area contributed by atoms with E-state index in [-0.39, 0.29) is 0 Å². The van der Waals surface area contributed by atoms with Crippen LogP contribution in [0.15, 0.2) is 30.3 Å². The summed E-state index contributed by atoms with van der Waals surface area (Å²) >= 11 is 0. The van der Waals surface area contributed by atoms with Crippen molar-refractivity contribution in [2.75, 3.05) is 13.7 Å². The zero-order valence-corrected chi connectivity index (χ0v) is 16.1. The van der Waals surface area contributed by atoms with Crippen molar-refractivity contribution in [1.29, 1.82) is 0 Å². The Kier molecular flexibility index (Phi) is 11.9. The molecule has 0 aromatic heterocycles. The van der Waals surface area contributed by atoms with E-state index in [2.05, 4.69) is 6.92 Å². The second-order valence-corrected chi connectivity index (χ2v) is 7.75. The molecule has 0 heterocycles. The van der Waals surface area contributed by atoms with Crippen LogP contribution in [-0.2, 0) is 13.6 Å². The first-order valence-electron chi connectivity index (χ1n) is 9.25. The lowest BCUT2D eigenvalue weighted by molar-refractivity contribution is 0.176. The lowest BCUT2D eigenvalue weighted by atomic mass is 10.1. The van der Waals surface area contributed by atoms with Gasteiger partial charge in [-0.1, -0.05) is 82.9 Å². The molecule has 0 bridgehead atoms. The molecule has 0 saturated heterocycles. The summed E-state index contributed by atoms with van der Waals surface area (Å²) in [4.78, 5) is 0. The Labute approximate surface area is 147 Å². The Morgan fingerprint density at radius 3 is 1.92 bits per heavy atom. The lowest BCUT2D eigenvalue weighted by Gasteiger charge is -2.16. The van der Waals surface area contributed by atoms with E-state index < -0.39 is 7.82 Å². The van der Waals surface area contributed by atoms with Gasteiger partial charge < -0.3 is 4.52 Å². The van der Waals surface area contributed by atoms with Crippen LogP contribution in [0.25, 0.3) is 0 Å². The van der Waals surface area contributed by atoms with Crippen molar-refractivity contribution in [3.8, 4) is 5.75 Å². The van der Waals surface area contributed by atoms with Crippen LogP contribution in [-0.4, -0.2) is 13.7 Å². The van der Waals surface area contributed by atoms with Crippen molar-refractivity contribution in [2.24, 2.45) is 0 Å². The molecule has 4 nitrogen and oxygen atoms in total. The number of phosphoric acid groups is 1. The molecule has 1 unspecified atom stereocenters. The maximum Gasteiger partial charge on any atom is 0.529 e. The van der Waals surface area contributed by atoms with Crippen molar-refractivity contribution in [1.82, 2.24) is 0 Å². The molecule has 138 valence electrons. The van der Waals surface area contributed by atoms with Crippen molar-refractivity contribution >= 4 is 7.82 Å². The molecule has 0 aliphatic heterocycles. The lowest BCUT2D eigenvalue weighted by Crippen LogP contribution is -2.01. The van der Waals surface area contributed by atoms with Gasteiger partial charge >= 0.3 is 7.82 Å². The van der Waals surface area contributed by atoms with Crippen LogP contribution in [0.1, 0.15) is 71.1 Å². The van der Waals surface area contributed by atoms with E-state index in [1.54, 1.807) is 12.1 Å². The number of phosphoric ester groups is 1. The second-order valence-electron chi connectivity index (χ2n) is 6.05. The zero-order chi connectivity index (χ0) is 17.5. The van der Waals surface area contributed by atoms with Crippen LogP contribution in [0, 0.1) is 0 Å². The molecule has 1 atom stereocenters. The van der Waals surface area contributed by atoms with Crippen LogP contribution in [0.5, 0.6) is 5.75 Å². The van der Waals surface area contributed by atoms with E-state index in [9.17, 15) is 4.57 Å². The average Bonchev–Trinajstić information content (AvgIpc) is 2.60. The summed E-state index contributed by atoms with van der Waals surface area (Å²) in [6.45, 7) is 2.64.